The number of ether oxygens (including phenoxy) is 1. The molecule has 1 saturated heterocycles. The molecule has 0 spiro atoms. The van der Waals surface area contributed by atoms with E-state index in [2.05, 4.69) is 4.72 Å². The monoisotopic (exact) mass is 475 g/mol. The first kappa shape index (κ1) is 23.0. The molecule has 2 aromatic rings. The van der Waals surface area contributed by atoms with Crippen LogP contribution in [0.1, 0.15) is 23.6 Å². The number of hydrogen-bond acceptors (Lipinski definition) is 6. The van der Waals surface area contributed by atoms with Gasteiger partial charge in [0.15, 0.2) is 0 Å². The van der Waals surface area contributed by atoms with Crippen molar-refractivity contribution in [1.82, 2.24) is 9.47 Å². The molecular formula is C22H25N3O7S. The Morgan fingerprint density at radius 1 is 1.06 bits per heavy atom. The van der Waals surface area contributed by atoms with Gasteiger partial charge < -0.3 is 19.3 Å². The minimum absolute atomic E-state index is 0.00431. The summed E-state index contributed by atoms with van der Waals surface area (Å²) >= 11 is 0. The van der Waals surface area contributed by atoms with Gasteiger partial charge in [0.2, 0.25) is 15.9 Å². The second-order valence-corrected chi connectivity index (χ2v) is 10.1. The highest BCUT2D eigenvalue weighted by Crippen LogP contribution is 2.35. The lowest BCUT2D eigenvalue weighted by molar-refractivity contribution is -0.146. The number of sulfonamides is 1. The minimum atomic E-state index is -3.76. The summed E-state index contributed by atoms with van der Waals surface area (Å²) in [6.45, 7) is 0.360. The number of aliphatic carboxylic acids is 1. The third-order valence-corrected chi connectivity index (χ3v) is 7.12. The molecule has 2 aliphatic rings. The Labute approximate surface area is 190 Å². The van der Waals surface area contributed by atoms with Crippen LogP contribution < -0.4 is 10.3 Å². The van der Waals surface area contributed by atoms with E-state index < -0.39 is 28.2 Å². The van der Waals surface area contributed by atoms with Crippen molar-refractivity contribution in [3.05, 3.63) is 64.1 Å². The fraction of sp³-hybridized carbons (Fsp3) is 0.409. The molecular weight excluding hydrogens is 450 g/mol. The molecule has 176 valence electrons. The molecule has 1 aromatic heterocycles. The molecule has 4 rings (SSSR count). The molecule has 33 heavy (non-hydrogen) atoms. The Bertz CT molecular complexity index is 1210. The lowest BCUT2D eigenvalue weighted by Gasteiger charge is -2.42. The zero-order chi connectivity index (χ0) is 23.6. The van der Waals surface area contributed by atoms with Crippen molar-refractivity contribution >= 4 is 27.6 Å². The predicted octanol–water partition coefficient (Wildman–Crippen LogP) is 0.837. The number of hydrogen-bond donors (Lipinski definition) is 2. The number of rotatable bonds is 8. The molecule has 1 amide bonds. The number of pyridine rings is 1. The largest absolute Gasteiger partial charge is 0.480 e. The van der Waals surface area contributed by atoms with E-state index in [9.17, 15) is 22.8 Å². The molecule has 2 aliphatic heterocycles. The van der Waals surface area contributed by atoms with Gasteiger partial charge in [0.25, 0.3) is 5.56 Å². The number of likely N-dealkylation sites (tertiary alicyclic amines) is 1. The van der Waals surface area contributed by atoms with Crippen molar-refractivity contribution in [2.45, 2.75) is 24.6 Å². The first-order chi connectivity index (χ1) is 15.7. The van der Waals surface area contributed by atoms with Gasteiger partial charge in [-0.3, -0.25) is 14.3 Å². The van der Waals surface area contributed by atoms with Gasteiger partial charge >= 0.3 is 5.97 Å². The number of fused-ring (bicyclic) bond motifs is 4. The number of carboxylic acids is 1. The van der Waals surface area contributed by atoms with E-state index in [1.54, 1.807) is 45.9 Å². The van der Waals surface area contributed by atoms with Gasteiger partial charge in [-0.05, 0) is 30.0 Å². The number of aromatic nitrogens is 1. The first-order valence-electron chi connectivity index (χ1n) is 10.6. The van der Waals surface area contributed by atoms with Gasteiger partial charge in [-0.2, -0.15) is 0 Å². The quantitative estimate of drug-likeness (QED) is 0.578. The van der Waals surface area contributed by atoms with Crippen molar-refractivity contribution in [1.29, 1.82) is 0 Å². The number of piperidine rings is 1. The first-order valence-corrected chi connectivity index (χ1v) is 12.2. The maximum atomic E-state index is 13.1. The van der Waals surface area contributed by atoms with Gasteiger partial charge in [0, 0.05) is 31.2 Å². The number of nitrogens with one attached hydrogen (secondary N) is 1. The Balaban J connectivity index is 1.48. The number of carbonyl (C=O) groups excluding carboxylic acids is 1. The molecule has 1 fully saturated rings. The van der Waals surface area contributed by atoms with Crippen LogP contribution in [0.25, 0.3) is 0 Å². The Hall–Kier alpha value is -3.18. The van der Waals surface area contributed by atoms with E-state index in [-0.39, 0.29) is 35.8 Å². The lowest BCUT2D eigenvalue weighted by atomic mass is 9.83. The zero-order valence-corrected chi connectivity index (χ0v) is 18.7. The number of nitrogens with zero attached hydrogens (tertiary/aromatic N) is 2. The number of anilines is 1. The smallest absolute Gasteiger partial charge is 0.329 e. The SMILES string of the molecule is O=C(O)COCC(=O)N1C[C@H]2C[C@H](C1)c1ccc(NS(=O)(=O)Cc3ccccc3)c(=O)n1C2. The molecule has 2 bridgehead atoms. The van der Waals surface area contributed by atoms with Crippen LogP contribution in [-0.4, -0.2) is 61.2 Å². The van der Waals surface area contributed by atoms with E-state index >= 15 is 0 Å². The van der Waals surface area contributed by atoms with Crippen molar-refractivity contribution in [2.75, 3.05) is 31.0 Å². The molecule has 0 radical (unpaired) electrons. The summed E-state index contributed by atoms with van der Waals surface area (Å²) in [5, 5.41) is 8.65. The van der Waals surface area contributed by atoms with Crippen molar-refractivity contribution in [3.63, 3.8) is 0 Å². The van der Waals surface area contributed by atoms with Crippen molar-refractivity contribution in [2.24, 2.45) is 5.92 Å². The van der Waals surface area contributed by atoms with E-state index in [4.69, 9.17) is 9.84 Å². The van der Waals surface area contributed by atoms with Crippen LogP contribution in [-0.2, 0) is 36.6 Å². The van der Waals surface area contributed by atoms with Gasteiger partial charge in [-0.25, -0.2) is 13.2 Å². The summed E-state index contributed by atoms with van der Waals surface area (Å²) in [6, 6.07) is 11.9. The Kier molecular flexibility index (Phi) is 6.52. The minimum Gasteiger partial charge on any atom is -0.480 e. The van der Waals surface area contributed by atoms with Gasteiger partial charge in [-0.15, -0.1) is 0 Å². The Morgan fingerprint density at radius 2 is 1.82 bits per heavy atom. The summed E-state index contributed by atoms with van der Waals surface area (Å²) in [6.07, 6.45) is 0.818. The lowest BCUT2D eigenvalue weighted by Crippen LogP contribution is -2.50. The molecule has 11 heteroatoms. The molecule has 10 nitrogen and oxygen atoms in total. The number of amides is 1. The Morgan fingerprint density at radius 3 is 2.55 bits per heavy atom. The second-order valence-electron chi connectivity index (χ2n) is 8.42. The summed E-state index contributed by atoms with van der Waals surface area (Å²) in [5.74, 6) is -1.69. The average molecular weight is 476 g/mol. The molecule has 2 atom stereocenters. The van der Waals surface area contributed by atoms with E-state index in [1.165, 1.54) is 6.07 Å². The molecule has 0 saturated carbocycles. The molecule has 0 aliphatic carbocycles. The predicted molar refractivity (Wildman–Crippen MR) is 119 cm³/mol. The van der Waals surface area contributed by atoms with E-state index in [0.717, 1.165) is 12.1 Å². The summed E-state index contributed by atoms with van der Waals surface area (Å²) in [7, 11) is -3.76. The molecule has 0 unspecified atom stereocenters. The molecule has 2 N–H and O–H groups in total. The summed E-state index contributed by atoms with van der Waals surface area (Å²) in [4.78, 5) is 37.7. The van der Waals surface area contributed by atoms with Crippen LogP contribution in [0.4, 0.5) is 5.69 Å². The van der Waals surface area contributed by atoms with Gasteiger partial charge in [-0.1, -0.05) is 30.3 Å². The number of carbonyl (C=O) groups is 2. The maximum absolute atomic E-state index is 13.1. The fourth-order valence-corrected chi connectivity index (χ4v) is 5.74. The summed E-state index contributed by atoms with van der Waals surface area (Å²) < 4.78 is 34.1. The average Bonchev–Trinajstić information content (AvgIpc) is 2.76. The van der Waals surface area contributed by atoms with Crippen LogP contribution in [0, 0.1) is 5.92 Å². The number of carboxylic acid groups (broad SMARTS) is 1. The standard InChI is InChI=1S/C22H25N3O7S/c26-20(12-32-13-21(27)28)24-9-16-8-17(11-24)19-7-6-18(22(29)25(19)10-16)23-33(30,31)14-15-4-2-1-3-5-15/h1-7,16-17,23H,8-14H2,(H,27,28)/t16-,17-/m1/s1. The maximum Gasteiger partial charge on any atom is 0.329 e. The third kappa shape index (κ3) is 5.42. The zero-order valence-electron chi connectivity index (χ0n) is 17.8. The van der Waals surface area contributed by atoms with E-state index in [0.29, 0.717) is 25.2 Å². The van der Waals surface area contributed by atoms with Crippen LogP contribution >= 0.6 is 0 Å². The van der Waals surface area contributed by atoms with Crippen LogP contribution in [0.15, 0.2) is 47.3 Å². The van der Waals surface area contributed by atoms with Gasteiger partial charge in [0.1, 0.15) is 18.9 Å². The van der Waals surface area contributed by atoms with Crippen LogP contribution in [0.5, 0.6) is 0 Å². The fourth-order valence-electron chi connectivity index (χ4n) is 4.54. The van der Waals surface area contributed by atoms with Crippen LogP contribution in [0.3, 0.4) is 0 Å². The second kappa shape index (κ2) is 9.36. The van der Waals surface area contributed by atoms with Gasteiger partial charge in [0.05, 0.1) is 5.75 Å². The molecule has 3 heterocycles. The highest BCUT2D eigenvalue weighted by molar-refractivity contribution is 7.91. The molecule has 1 aromatic carbocycles. The van der Waals surface area contributed by atoms with Crippen molar-refractivity contribution in [3.8, 4) is 0 Å². The van der Waals surface area contributed by atoms with E-state index in [1.807, 2.05) is 0 Å². The normalized spacial score (nSPS) is 19.6. The highest BCUT2D eigenvalue weighted by atomic mass is 32.2. The highest BCUT2D eigenvalue weighted by Gasteiger charge is 2.36. The van der Waals surface area contributed by atoms with Crippen molar-refractivity contribution < 1.29 is 27.9 Å². The van der Waals surface area contributed by atoms with Crippen LogP contribution in [0.2, 0.25) is 0 Å². The summed E-state index contributed by atoms with van der Waals surface area (Å²) in [5.41, 5.74) is 0.981. The topological polar surface area (TPSA) is 135 Å². The number of benzene rings is 1. The third-order valence-electron chi connectivity index (χ3n) is 5.87.